The van der Waals surface area contributed by atoms with Crippen LogP contribution in [0.1, 0.15) is 22.6 Å². The zero-order valence-corrected chi connectivity index (χ0v) is 21.0. The van der Waals surface area contributed by atoms with Crippen LogP contribution < -0.4 is 9.47 Å². The van der Waals surface area contributed by atoms with Crippen molar-refractivity contribution in [3.8, 4) is 22.6 Å². The lowest BCUT2D eigenvalue weighted by atomic mass is 10.0. The summed E-state index contributed by atoms with van der Waals surface area (Å²) in [5.74, 6) is 1.54. The molecule has 0 bridgehead atoms. The lowest BCUT2D eigenvalue weighted by molar-refractivity contribution is -0.140. The molecular formula is C29H28N2O6. The molecule has 0 spiro atoms. The zero-order valence-electron chi connectivity index (χ0n) is 21.0. The molecule has 4 rings (SSSR count). The Morgan fingerprint density at radius 3 is 2.24 bits per heavy atom. The van der Waals surface area contributed by atoms with Crippen LogP contribution in [-0.2, 0) is 27.4 Å². The van der Waals surface area contributed by atoms with Crippen LogP contribution in [0, 0.1) is 6.92 Å². The second-order valence-corrected chi connectivity index (χ2v) is 8.15. The van der Waals surface area contributed by atoms with E-state index in [4.69, 9.17) is 23.6 Å². The van der Waals surface area contributed by atoms with Crippen LogP contribution in [0.3, 0.4) is 0 Å². The van der Waals surface area contributed by atoms with Crippen molar-refractivity contribution in [1.82, 2.24) is 5.16 Å². The average molecular weight is 501 g/mol. The van der Waals surface area contributed by atoms with Crippen molar-refractivity contribution >= 4 is 11.7 Å². The van der Waals surface area contributed by atoms with Crippen molar-refractivity contribution < 1.29 is 28.4 Å². The summed E-state index contributed by atoms with van der Waals surface area (Å²) in [6, 6.07) is 25.1. The molecular weight excluding hydrogens is 472 g/mol. The van der Waals surface area contributed by atoms with Crippen molar-refractivity contribution in [2.75, 3.05) is 20.8 Å². The van der Waals surface area contributed by atoms with Gasteiger partial charge in [0.05, 0.1) is 12.8 Å². The monoisotopic (exact) mass is 500 g/mol. The van der Waals surface area contributed by atoms with Gasteiger partial charge in [0.2, 0.25) is 0 Å². The summed E-state index contributed by atoms with van der Waals surface area (Å²) in [5.41, 5.74) is 5.04. The van der Waals surface area contributed by atoms with E-state index in [9.17, 15) is 4.79 Å². The highest BCUT2D eigenvalue weighted by Crippen LogP contribution is 2.29. The first-order valence-electron chi connectivity index (χ1n) is 11.7. The number of carbonyl (C=O) groups is 1. The summed E-state index contributed by atoms with van der Waals surface area (Å²) in [4.78, 5) is 16.6. The fourth-order valence-corrected chi connectivity index (χ4v) is 3.73. The first-order chi connectivity index (χ1) is 18.1. The predicted octanol–water partition coefficient (Wildman–Crippen LogP) is 5.37. The van der Waals surface area contributed by atoms with Gasteiger partial charge in [-0.1, -0.05) is 64.9 Å². The lowest BCUT2D eigenvalue weighted by Gasteiger charge is -2.10. The van der Waals surface area contributed by atoms with Crippen molar-refractivity contribution in [1.29, 1.82) is 0 Å². The fraction of sp³-hybridized carbons (Fsp3) is 0.207. The van der Waals surface area contributed by atoms with Crippen LogP contribution in [-0.4, -0.2) is 37.7 Å². The van der Waals surface area contributed by atoms with Crippen molar-refractivity contribution in [2.45, 2.75) is 20.0 Å². The molecule has 0 unspecified atom stereocenters. The van der Waals surface area contributed by atoms with Gasteiger partial charge < -0.3 is 23.6 Å². The van der Waals surface area contributed by atoms with Gasteiger partial charge in [0, 0.05) is 11.1 Å². The fourth-order valence-electron chi connectivity index (χ4n) is 3.73. The van der Waals surface area contributed by atoms with E-state index in [1.165, 1.54) is 14.2 Å². The molecule has 8 nitrogen and oxygen atoms in total. The molecule has 0 aliphatic carbocycles. The molecule has 3 aromatic carbocycles. The van der Waals surface area contributed by atoms with E-state index >= 15 is 0 Å². The lowest BCUT2D eigenvalue weighted by Crippen LogP contribution is -2.13. The van der Waals surface area contributed by atoms with E-state index < -0.39 is 0 Å². The Morgan fingerprint density at radius 1 is 0.892 bits per heavy atom. The van der Waals surface area contributed by atoms with Gasteiger partial charge in [-0.25, -0.2) is 0 Å². The molecule has 0 atom stereocenters. The van der Waals surface area contributed by atoms with Crippen LogP contribution in [0.4, 0.5) is 0 Å². The number of oxime groups is 1. The number of aryl methyl sites for hydroxylation is 1. The minimum Gasteiger partial charge on any atom is -0.489 e. The smallest absolute Gasteiger partial charge is 0.313 e. The summed E-state index contributed by atoms with van der Waals surface area (Å²) in [6.07, 6.45) is 0.0252. The topological polar surface area (TPSA) is 92.4 Å². The van der Waals surface area contributed by atoms with Gasteiger partial charge >= 0.3 is 5.97 Å². The van der Waals surface area contributed by atoms with Crippen LogP contribution in [0.2, 0.25) is 0 Å². The van der Waals surface area contributed by atoms with Crippen molar-refractivity contribution in [2.24, 2.45) is 5.16 Å². The third-order valence-corrected chi connectivity index (χ3v) is 5.62. The summed E-state index contributed by atoms with van der Waals surface area (Å²) in [6.45, 7) is 2.53. The number of methoxy groups -OCH3 is 1. The van der Waals surface area contributed by atoms with Crippen LogP contribution >= 0.6 is 0 Å². The molecule has 0 saturated carbocycles. The second kappa shape index (κ2) is 12.4. The molecule has 0 aliphatic rings. The SMILES string of the molecule is CON=C(COc1ccc(COc2ccc(-c3c(C)noc3CC(=O)OC)cc2)cc1)c1ccccc1. The Kier molecular flexibility index (Phi) is 8.54. The molecule has 1 heterocycles. The molecule has 190 valence electrons. The van der Waals surface area contributed by atoms with E-state index in [0.717, 1.165) is 33.8 Å². The second-order valence-electron chi connectivity index (χ2n) is 8.15. The Bertz CT molecular complexity index is 1330. The van der Waals surface area contributed by atoms with Gasteiger partial charge in [-0.2, -0.15) is 0 Å². The largest absolute Gasteiger partial charge is 0.489 e. The number of hydrogen-bond acceptors (Lipinski definition) is 8. The molecule has 0 fully saturated rings. The number of benzene rings is 3. The van der Waals surface area contributed by atoms with Crippen LogP contribution in [0.25, 0.3) is 11.1 Å². The van der Waals surface area contributed by atoms with E-state index in [0.29, 0.717) is 23.8 Å². The molecule has 8 heteroatoms. The molecule has 0 N–H and O–H groups in total. The van der Waals surface area contributed by atoms with Gasteiger partial charge in [0.15, 0.2) is 5.76 Å². The molecule has 0 saturated heterocycles. The van der Waals surface area contributed by atoms with Gasteiger partial charge in [-0.05, 0) is 42.3 Å². The molecule has 0 radical (unpaired) electrons. The van der Waals surface area contributed by atoms with Crippen LogP contribution in [0.5, 0.6) is 11.5 Å². The standard InChI is InChI=1S/C29H28N2O6/c1-20-29(27(37-30-20)17-28(32)33-2)23-11-15-25(16-12-23)35-18-21-9-13-24(14-10-21)36-19-26(31-34-3)22-7-5-4-6-8-22/h4-16H,17-19H2,1-3H3. The summed E-state index contributed by atoms with van der Waals surface area (Å²) in [7, 11) is 2.86. The third kappa shape index (κ3) is 6.76. The highest BCUT2D eigenvalue weighted by Gasteiger charge is 2.18. The van der Waals surface area contributed by atoms with E-state index in [-0.39, 0.29) is 19.0 Å². The van der Waals surface area contributed by atoms with Gasteiger partial charge in [0.25, 0.3) is 0 Å². The first-order valence-corrected chi connectivity index (χ1v) is 11.7. The van der Waals surface area contributed by atoms with Gasteiger partial charge in [-0.3, -0.25) is 4.79 Å². The minimum absolute atomic E-state index is 0.0252. The molecule has 37 heavy (non-hydrogen) atoms. The molecule has 1 aromatic heterocycles. The zero-order chi connectivity index (χ0) is 26.0. The predicted molar refractivity (Wildman–Crippen MR) is 139 cm³/mol. The maximum atomic E-state index is 11.7. The number of aromatic nitrogens is 1. The normalized spacial score (nSPS) is 11.2. The number of rotatable bonds is 11. The van der Waals surface area contributed by atoms with Crippen molar-refractivity contribution in [3.63, 3.8) is 0 Å². The highest BCUT2D eigenvalue weighted by atomic mass is 16.6. The van der Waals surface area contributed by atoms with E-state index in [1.807, 2.05) is 85.8 Å². The number of ether oxygens (including phenoxy) is 3. The first kappa shape index (κ1) is 25.5. The van der Waals surface area contributed by atoms with Gasteiger partial charge in [-0.15, -0.1) is 0 Å². The van der Waals surface area contributed by atoms with Crippen molar-refractivity contribution in [3.05, 3.63) is 101 Å². The Balaban J connectivity index is 1.33. The average Bonchev–Trinajstić information content (AvgIpc) is 3.30. The quantitative estimate of drug-likeness (QED) is 0.155. The Hall–Kier alpha value is -4.59. The molecule has 0 aliphatic heterocycles. The van der Waals surface area contributed by atoms with Gasteiger partial charge in [0.1, 0.15) is 44.0 Å². The Morgan fingerprint density at radius 2 is 1.57 bits per heavy atom. The maximum Gasteiger partial charge on any atom is 0.313 e. The summed E-state index contributed by atoms with van der Waals surface area (Å²) >= 11 is 0. The molecule has 0 amide bonds. The minimum atomic E-state index is -0.381. The Labute approximate surface area is 215 Å². The number of carbonyl (C=O) groups excluding carboxylic acids is 1. The number of hydrogen-bond donors (Lipinski definition) is 0. The molecule has 4 aromatic rings. The van der Waals surface area contributed by atoms with E-state index in [2.05, 4.69) is 10.3 Å². The summed E-state index contributed by atoms with van der Waals surface area (Å²) < 4.78 is 21.9. The number of nitrogens with zero attached hydrogens (tertiary/aromatic N) is 2. The maximum absolute atomic E-state index is 11.7. The summed E-state index contributed by atoms with van der Waals surface area (Å²) in [5, 5.41) is 8.08. The van der Waals surface area contributed by atoms with E-state index in [1.54, 1.807) is 0 Å². The van der Waals surface area contributed by atoms with Crippen LogP contribution in [0.15, 0.2) is 88.5 Å². The highest BCUT2D eigenvalue weighted by molar-refractivity contribution is 6.01. The number of esters is 1. The third-order valence-electron chi connectivity index (χ3n) is 5.62.